The molecule has 0 fully saturated rings. The first kappa shape index (κ1) is 18.5. The van der Waals surface area contributed by atoms with Crippen LogP contribution in [0.25, 0.3) is 0 Å². The quantitative estimate of drug-likeness (QED) is 0.216. The maximum Gasteiger partial charge on any atom is -0.0351 e. The molecule has 0 spiro atoms. The highest BCUT2D eigenvalue weighted by atomic mass is 14.0. The summed E-state index contributed by atoms with van der Waals surface area (Å²) in [6.07, 6.45) is 26.0. The van der Waals surface area contributed by atoms with Gasteiger partial charge in [-0.25, -0.2) is 0 Å². The van der Waals surface area contributed by atoms with Crippen molar-refractivity contribution in [2.75, 3.05) is 0 Å². The van der Waals surface area contributed by atoms with Crippen LogP contribution in [0.15, 0.2) is 24.8 Å². The van der Waals surface area contributed by atoms with Crippen molar-refractivity contribution >= 4 is 0 Å². The van der Waals surface area contributed by atoms with E-state index in [1.54, 1.807) is 0 Å². The molecule has 0 aliphatic rings. The minimum atomic E-state index is 1.19. The van der Waals surface area contributed by atoms with Gasteiger partial charge in [0, 0.05) is 0 Å². The van der Waals surface area contributed by atoms with Gasteiger partial charge in [0.2, 0.25) is 0 Å². The fourth-order valence-electron chi connectivity index (χ4n) is 2.36. The molecular weight excluding hydrogens is 228 g/mol. The number of allylic oxidation sites excluding steroid dienone is 3. The van der Waals surface area contributed by atoms with Gasteiger partial charge in [0.1, 0.15) is 0 Å². The highest BCUT2D eigenvalue weighted by molar-refractivity contribution is 4.81. The lowest BCUT2D eigenvalue weighted by molar-refractivity contribution is 0.591. The Hall–Kier alpha value is -0.520. The van der Waals surface area contributed by atoms with Gasteiger partial charge in [-0.05, 0) is 38.5 Å². The van der Waals surface area contributed by atoms with E-state index in [2.05, 4.69) is 25.7 Å². The monoisotopic (exact) mass is 264 g/mol. The highest BCUT2D eigenvalue weighted by Gasteiger charge is 1.90. The summed E-state index contributed by atoms with van der Waals surface area (Å²) < 4.78 is 0. The Morgan fingerprint density at radius 1 is 0.579 bits per heavy atom. The summed E-state index contributed by atoms with van der Waals surface area (Å²) in [6, 6.07) is 0. The Bertz CT molecular complexity index is 190. The number of unbranched alkanes of at least 4 members (excludes halogenated alkanes) is 12. The van der Waals surface area contributed by atoms with E-state index in [0.717, 1.165) is 0 Å². The van der Waals surface area contributed by atoms with E-state index in [0.29, 0.717) is 0 Å². The maximum atomic E-state index is 3.75. The van der Waals surface area contributed by atoms with E-state index < -0.39 is 0 Å². The molecule has 0 saturated carbocycles. The topological polar surface area (TPSA) is 0 Å². The first-order valence-corrected chi connectivity index (χ1v) is 8.67. The van der Waals surface area contributed by atoms with E-state index in [-0.39, 0.29) is 0 Å². The van der Waals surface area contributed by atoms with Crippen molar-refractivity contribution in [2.45, 2.75) is 96.8 Å². The van der Waals surface area contributed by atoms with Gasteiger partial charge in [-0.15, -0.1) is 6.58 Å². The van der Waals surface area contributed by atoms with Crippen LogP contribution in [-0.2, 0) is 0 Å². The first-order valence-electron chi connectivity index (χ1n) is 8.67. The molecule has 0 aliphatic heterocycles. The molecule has 0 unspecified atom stereocenters. The van der Waals surface area contributed by atoms with Gasteiger partial charge in [0.05, 0.1) is 0 Å². The maximum absolute atomic E-state index is 3.75. The van der Waals surface area contributed by atoms with E-state index in [1.807, 2.05) is 6.08 Å². The molecule has 112 valence electrons. The molecule has 0 bridgehead atoms. The number of hydrogen-bond donors (Lipinski definition) is 0. The average Bonchev–Trinajstić information content (AvgIpc) is 2.43. The summed E-state index contributed by atoms with van der Waals surface area (Å²) in [5, 5.41) is 0. The van der Waals surface area contributed by atoms with Gasteiger partial charge in [-0.3, -0.25) is 0 Å². The molecule has 0 aromatic carbocycles. The second-order valence-electron chi connectivity index (χ2n) is 5.66. The van der Waals surface area contributed by atoms with Crippen molar-refractivity contribution in [2.24, 2.45) is 0 Å². The van der Waals surface area contributed by atoms with Crippen LogP contribution in [0, 0.1) is 0 Å². The fraction of sp³-hybridized carbons (Fsp3) is 0.789. The Balaban J connectivity index is 3.03. The lowest BCUT2D eigenvalue weighted by Gasteiger charge is -1.99. The molecule has 0 amide bonds. The zero-order valence-electron chi connectivity index (χ0n) is 13.3. The average molecular weight is 264 g/mol. The van der Waals surface area contributed by atoms with Crippen molar-refractivity contribution in [3.05, 3.63) is 24.8 Å². The number of hydrogen-bond acceptors (Lipinski definition) is 0. The predicted molar refractivity (Wildman–Crippen MR) is 89.6 cm³/mol. The highest BCUT2D eigenvalue weighted by Crippen LogP contribution is 2.09. The predicted octanol–water partition coefficient (Wildman–Crippen LogP) is 7.21. The van der Waals surface area contributed by atoms with Crippen LogP contribution in [0.2, 0.25) is 0 Å². The van der Waals surface area contributed by atoms with Crippen LogP contribution < -0.4 is 0 Å². The summed E-state index contributed by atoms with van der Waals surface area (Å²) in [4.78, 5) is 0. The molecule has 0 N–H and O–H groups in total. The van der Waals surface area contributed by atoms with Crippen LogP contribution >= 0.6 is 0 Å². The van der Waals surface area contributed by atoms with Crippen molar-refractivity contribution in [1.29, 1.82) is 0 Å². The molecule has 0 heterocycles. The minimum Gasteiger partial charge on any atom is -0.103 e. The second-order valence-corrected chi connectivity index (χ2v) is 5.66. The third-order valence-corrected chi connectivity index (χ3v) is 3.67. The molecule has 0 atom stereocenters. The van der Waals surface area contributed by atoms with Gasteiger partial charge >= 0.3 is 0 Å². The van der Waals surface area contributed by atoms with Crippen LogP contribution in [0.5, 0.6) is 0 Å². The van der Waals surface area contributed by atoms with E-state index in [9.17, 15) is 0 Å². The van der Waals surface area contributed by atoms with Crippen LogP contribution in [-0.4, -0.2) is 0 Å². The van der Waals surface area contributed by atoms with E-state index in [1.165, 1.54) is 89.9 Å². The summed E-state index contributed by atoms with van der Waals surface area (Å²) in [5.74, 6) is 0. The van der Waals surface area contributed by atoms with Crippen LogP contribution in [0.4, 0.5) is 0 Å². The molecule has 0 aromatic rings. The largest absolute Gasteiger partial charge is 0.103 e. The van der Waals surface area contributed by atoms with Gasteiger partial charge in [0.25, 0.3) is 0 Å². The molecule has 19 heavy (non-hydrogen) atoms. The van der Waals surface area contributed by atoms with E-state index >= 15 is 0 Å². The molecule has 0 rings (SSSR count). The standard InChI is InChI=1S/C19H36/c1-3-5-7-9-11-13-15-17-19-18-16-14-12-10-8-6-4-2/h3,17,19H,1,4-16,18H2,2H3. The van der Waals surface area contributed by atoms with Crippen molar-refractivity contribution in [1.82, 2.24) is 0 Å². The Kier molecular flexibility index (Phi) is 17.0. The summed E-state index contributed by atoms with van der Waals surface area (Å²) in [7, 11) is 0. The molecule has 0 aliphatic carbocycles. The summed E-state index contributed by atoms with van der Waals surface area (Å²) >= 11 is 0. The lowest BCUT2D eigenvalue weighted by Crippen LogP contribution is -1.79. The Morgan fingerprint density at radius 3 is 1.47 bits per heavy atom. The van der Waals surface area contributed by atoms with Gasteiger partial charge < -0.3 is 0 Å². The normalized spacial score (nSPS) is 11.2. The molecular formula is C19H36. The van der Waals surface area contributed by atoms with Gasteiger partial charge in [-0.2, -0.15) is 0 Å². The second kappa shape index (κ2) is 17.5. The Morgan fingerprint density at radius 2 is 1.00 bits per heavy atom. The smallest absolute Gasteiger partial charge is 0.0351 e. The third kappa shape index (κ3) is 17.5. The zero-order chi connectivity index (χ0) is 14.0. The molecule has 0 nitrogen and oxygen atoms in total. The zero-order valence-corrected chi connectivity index (χ0v) is 13.3. The first-order chi connectivity index (χ1) is 9.41. The minimum absolute atomic E-state index is 1.19. The molecule has 0 heteroatoms. The molecule has 0 saturated heterocycles. The lowest BCUT2D eigenvalue weighted by atomic mass is 10.1. The van der Waals surface area contributed by atoms with Crippen molar-refractivity contribution in [3.8, 4) is 0 Å². The number of rotatable bonds is 15. The van der Waals surface area contributed by atoms with Gasteiger partial charge in [-0.1, -0.05) is 76.5 Å². The summed E-state index contributed by atoms with van der Waals surface area (Å²) in [6.45, 7) is 6.03. The molecule has 0 aromatic heterocycles. The van der Waals surface area contributed by atoms with Crippen LogP contribution in [0.3, 0.4) is 0 Å². The SMILES string of the molecule is C=CCCCCCCC=CCCCCCCCCC. The fourth-order valence-corrected chi connectivity index (χ4v) is 2.36. The van der Waals surface area contributed by atoms with Crippen molar-refractivity contribution in [3.63, 3.8) is 0 Å². The van der Waals surface area contributed by atoms with Crippen LogP contribution in [0.1, 0.15) is 96.8 Å². The summed E-state index contributed by atoms with van der Waals surface area (Å²) in [5.41, 5.74) is 0. The van der Waals surface area contributed by atoms with Crippen molar-refractivity contribution < 1.29 is 0 Å². The Labute approximate surface area is 122 Å². The molecule has 0 radical (unpaired) electrons. The van der Waals surface area contributed by atoms with E-state index in [4.69, 9.17) is 0 Å². The van der Waals surface area contributed by atoms with Gasteiger partial charge in [0.15, 0.2) is 0 Å². The third-order valence-electron chi connectivity index (χ3n) is 3.67.